The van der Waals surface area contributed by atoms with Crippen molar-refractivity contribution in [3.05, 3.63) is 188 Å². The van der Waals surface area contributed by atoms with Crippen LogP contribution >= 0.6 is 11.3 Å². The van der Waals surface area contributed by atoms with Gasteiger partial charge in [-0.25, -0.2) is 0 Å². The average Bonchev–Trinajstić information content (AvgIpc) is 3.79. The summed E-state index contributed by atoms with van der Waals surface area (Å²) >= 11 is 1.85. The zero-order valence-electron chi connectivity index (χ0n) is 27.7. The van der Waals surface area contributed by atoms with Crippen LogP contribution in [0.2, 0.25) is 0 Å². The largest absolute Gasteiger partial charge is 0.455 e. The number of thiophene rings is 1. The molecule has 2 nitrogen and oxygen atoms in total. The van der Waals surface area contributed by atoms with Crippen LogP contribution in [0.25, 0.3) is 75.5 Å². The molecule has 0 N–H and O–H groups in total. The van der Waals surface area contributed by atoms with Crippen LogP contribution in [-0.4, -0.2) is 0 Å². The average molecular weight is 670 g/mol. The molecule has 2 aromatic heterocycles. The van der Waals surface area contributed by atoms with Crippen molar-refractivity contribution in [1.82, 2.24) is 0 Å². The third kappa shape index (κ3) is 5.01. The Hall–Kier alpha value is -6.42. The minimum atomic E-state index is 0.880. The minimum absolute atomic E-state index is 0.880. The number of rotatable bonds is 6. The Kier molecular flexibility index (Phi) is 7.04. The Bertz CT molecular complexity index is 2830. The summed E-state index contributed by atoms with van der Waals surface area (Å²) in [5.41, 5.74) is 12.1. The smallest absolute Gasteiger partial charge is 0.145 e. The lowest BCUT2D eigenvalue weighted by atomic mass is 9.98. The molecule has 0 radical (unpaired) electrons. The summed E-state index contributed by atoms with van der Waals surface area (Å²) in [6, 6.07) is 67.3. The van der Waals surface area contributed by atoms with Crippen LogP contribution in [-0.2, 0) is 0 Å². The monoisotopic (exact) mass is 669 g/mol. The van der Waals surface area contributed by atoms with Gasteiger partial charge in [0.15, 0.2) is 0 Å². The molecule has 0 unspecified atom stereocenters. The van der Waals surface area contributed by atoms with Crippen molar-refractivity contribution in [1.29, 1.82) is 0 Å². The number of hydrogen-bond donors (Lipinski definition) is 0. The fourth-order valence-corrected chi connectivity index (χ4v) is 8.61. The van der Waals surface area contributed by atoms with Gasteiger partial charge in [0.25, 0.3) is 0 Å². The van der Waals surface area contributed by atoms with Crippen LogP contribution in [0.15, 0.2) is 192 Å². The van der Waals surface area contributed by atoms with Gasteiger partial charge in [0.05, 0.1) is 16.8 Å². The highest BCUT2D eigenvalue weighted by Crippen LogP contribution is 2.49. The van der Waals surface area contributed by atoms with E-state index in [0.717, 1.165) is 50.1 Å². The van der Waals surface area contributed by atoms with Gasteiger partial charge in [-0.3, -0.25) is 0 Å². The maximum Gasteiger partial charge on any atom is 0.145 e. The fourth-order valence-electron chi connectivity index (χ4n) is 7.48. The number of benzene rings is 8. The van der Waals surface area contributed by atoms with Crippen LogP contribution in [0, 0.1) is 0 Å². The van der Waals surface area contributed by atoms with Crippen LogP contribution in [0.1, 0.15) is 0 Å². The molecule has 8 aromatic carbocycles. The molecule has 3 heteroatoms. The molecule has 0 aliphatic carbocycles. The molecule has 0 amide bonds. The van der Waals surface area contributed by atoms with E-state index in [-0.39, 0.29) is 0 Å². The highest BCUT2D eigenvalue weighted by atomic mass is 32.1. The Morgan fingerprint density at radius 1 is 0.373 bits per heavy atom. The maximum atomic E-state index is 6.74. The maximum absolute atomic E-state index is 6.74. The second kappa shape index (κ2) is 12.2. The van der Waals surface area contributed by atoms with Crippen molar-refractivity contribution in [2.24, 2.45) is 0 Å². The quantitative estimate of drug-likeness (QED) is 0.175. The third-order valence-corrected chi connectivity index (χ3v) is 11.0. The van der Waals surface area contributed by atoms with E-state index < -0.39 is 0 Å². The minimum Gasteiger partial charge on any atom is -0.455 e. The molecule has 2 heterocycles. The number of nitrogens with zero attached hydrogens (tertiary/aromatic N) is 1. The molecule has 0 aliphatic rings. The number of para-hydroxylation sites is 1. The van der Waals surface area contributed by atoms with E-state index in [1.54, 1.807) is 0 Å². The first-order chi connectivity index (χ1) is 25.3. The lowest BCUT2D eigenvalue weighted by molar-refractivity contribution is 0.670. The number of hydrogen-bond acceptors (Lipinski definition) is 3. The molecule has 240 valence electrons. The summed E-state index contributed by atoms with van der Waals surface area (Å²) in [7, 11) is 0. The second-order valence-corrected chi connectivity index (χ2v) is 14.0. The molecule has 0 aliphatic heterocycles. The number of anilines is 3. The first-order valence-corrected chi connectivity index (χ1v) is 18.1. The lowest BCUT2D eigenvalue weighted by Gasteiger charge is -2.28. The topological polar surface area (TPSA) is 16.4 Å². The SMILES string of the molecule is c1ccc(-c2ccc(-c3ccc(N(c4cccc5sc6ccccc6c45)c4ccc(-c5ccccc5)c5oc6ccccc6c45)cc3)cc2)cc1. The van der Waals surface area contributed by atoms with Crippen molar-refractivity contribution in [2.45, 2.75) is 0 Å². The van der Waals surface area contributed by atoms with Crippen LogP contribution < -0.4 is 4.90 Å². The molecule has 51 heavy (non-hydrogen) atoms. The Labute approximate surface area is 300 Å². The highest BCUT2D eigenvalue weighted by molar-refractivity contribution is 7.26. The molecule has 10 aromatic rings. The van der Waals surface area contributed by atoms with E-state index in [4.69, 9.17) is 4.42 Å². The van der Waals surface area contributed by atoms with E-state index >= 15 is 0 Å². The zero-order valence-corrected chi connectivity index (χ0v) is 28.5. The highest BCUT2D eigenvalue weighted by Gasteiger charge is 2.24. The molecule has 0 saturated carbocycles. The second-order valence-electron chi connectivity index (χ2n) is 12.9. The van der Waals surface area contributed by atoms with Crippen LogP contribution in [0.5, 0.6) is 0 Å². The van der Waals surface area contributed by atoms with Gasteiger partial charge in [0.2, 0.25) is 0 Å². The number of fused-ring (bicyclic) bond motifs is 6. The van der Waals surface area contributed by atoms with E-state index in [9.17, 15) is 0 Å². The first kappa shape index (κ1) is 29.5. The van der Waals surface area contributed by atoms with E-state index in [0.29, 0.717) is 0 Å². The van der Waals surface area contributed by atoms with Crippen molar-refractivity contribution in [2.75, 3.05) is 4.90 Å². The predicted octanol–water partition coefficient (Wildman–Crippen LogP) is 14.4. The third-order valence-electron chi connectivity index (χ3n) is 9.90. The van der Waals surface area contributed by atoms with Gasteiger partial charge in [-0.15, -0.1) is 11.3 Å². The van der Waals surface area contributed by atoms with E-state index in [2.05, 4.69) is 187 Å². The van der Waals surface area contributed by atoms with E-state index in [1.165, 1.54) is 42.4 Å². The van der Waals surface area contributed by atoms with Gasteiger partial charge in [-0.2, -0.15) is 0 Å². The van der Waals surface area contributed by atoms with Gasteiger partial charge >= 0.3 is 0 Å². The standard InChI is InChI=1S/C48H31NOS/c1-3-12-32(13-4-1)33-22-24-34(25-23-33)35-26-28-37(29-27-35)49(41-18-11-21-45-46(41)40-17-8-10-20-44(40)51-45)42-31-30-38(36-14-5-2-6-15-36)48-47(42)39-16-7-9-19-43(39)50-48/h1-31H. The Morgan fingerprint density at radius 3 is 1.65 bits per heavy atom. The van der Waals surface area contributed by atoms with Gasteiger partial charge in [-0.1, -0.05) is 140 Å². The molecular formula is C48H31NOS. The molecular weight excluding hydrogens is 639 g/mol. The fraction of sp³-hybridized carbons (Fsp3) is 0. The van der Waals surface area contributed by atoms with Crippen LogP contribution in [0.3, 0.4) is 0 Å². The summed E-state index contributed by atoms with van der Waals surface area (Å²) < 4.78 is 9.29. The zero-order chi connectivity index (χ0) is 33.7. The predicted molar refractivity (Wildman–Crippen MR) is 218 cm³/mol. The van der Waals surface area contributed by atoms with E-state index in [1.807, 2.05) is 17.4 Å². The molecule has 0 bridgehead atoms. The summed E-state index contributed by atoms with van der Waals surface area (Å²) in [6.45, 7) is 0. The summed E-state index contributed by atoms with van der Waals surface area (Å²) in [5, 5.41) is 4.72. The Morgan fingerprint density at radius 2 is 0.922 bits per heavy atom. The lowest BCUT2D eigenvalue weighted by Crippen LogP contribution is -2.11. The molecule has 0 spiro atoms. The van der Waals surface area contributed by atoms with Crippen molar-refractivity contribution in [3.8, 4) is 33.4 Å². The normalized spacial score (nSPS) is 11.5. The number of furan rings is 1. The van der Waals surface area contributed by atoms with Crippen LogP contribution in [0.4, 0.5) is 17.1 Å². The van der Waals surface area contributed by atoms with Gasteiger partial charge in [0.1, 0.15) is 11.2 Å². The first-order valence-electron chi connectivity index (χ1n) is 17.3. The Balaban J connectivity index is 1.19. The summed E-state index contributed by atoms with van der Waals surface area (Å²) in [6.07, 6.45) is 0. The molecule has 10 rings (SSSR count). The molecule has 0 fully saturated rings. The van der Waals surface area contributed by atoms with Gasteiger partial charge in [-0.05, 0) is 76.3 Å². The van der Waals surface area contributed by atoms with Gasteiger partial charge < -0.3 is 9.32 Å². The molecule has 0 saturated heterocycles. The summed E-state index contributed by atoms with van der Waals surface area (Å²) in [5.74, 6) is 0. The van der Waals surface area contributed by atoms with Crippen molar-refractivity contribution < 1.29 is 4.42 Å². The van der Waals surface area contributed by atoms with Gasteiger partial charge in [0, 0.05) is 36.8 Å². The molecule has 0 atom stereocenters. The van der Waals surface area contributed by atoms with Crippen molar-refractivity contribution >= 4 is 70.5 Å². The van der Waals surface area contributed by atoms with Crippen molar-refractivity contribution in [3.63, 3.8) is 0 Å². The summed E-state index contributed by atoms with van der Waals surface area (Å²) in [4.78, 5) is 2.43.